The molecule has 2 aromatic carbocycles. The number of benzene rings is 2. The van der Waals surface area contributed by atoms with Crippen LogP contribution in [0, 0.1) is 0 Å². The number of nitrogens with one attached hydrogen (secondary N) is 1. The van der Waals surface area contributed by atoms with Gasteiger partial charge in [0, 0.05) is 17.8 Å². The number of anilines is 1. The molecule has 0 fully saturated rings. The second kappa shape index (κ2) is 8.48. The van der Waals surface area contributed by atoms with E-state index in [-0.39, 0.29) is 18.1 Å². The molecule has 4 aromatic rings. The van der Waals surface area contributed by atoms with E-state index in [1.54, 1.807) is 74.0 Å². The molecule has 0 aliphatic heterocycles. The summed E-state index contributed by atoms with van der Waals surface area (Å²) in [6, 6.07) is 20.7. The fourth-order valence-corrected chi connectivity index (χ4v) is 2.96. The quantitative estimate of drug-likeness (QED) is 0.534. The van der Waals surface area contributed by atoms with E-state index in [4.69, 9.17) is 9.47 Å². The van der Waals surface area contributed by atoms with Crippen LogP contribution in [-0.4, -0.2) is 22.4 Å². The first-order valence-electron chi connectivity index (χ1n) is 9.28. The maximum Gasteiger partial charge on any atom is 0.258 e. The number of methoxy groups -OCH3 is 1. The maximum absolute atomic E-state index is 12.6. The van der Waals surface area contributed by atoms with Gasteiger partial charge in [0.25, 0.3) is 11.5 Å². The van der Waals surface area contributed by atoms with Gasteiger partial charge in [-0.1, -0.05) is 18.2 Å². The first-order chi connectivity index (χ1) is 14.6. The summed E-state index contributed by atoms with van der Waals surface area (Å²) in [4.78, 5) is 29.2. The van der Waals surface area contributed by atoms with E-state index in [1.807, 2.05) is 6.07 Å². The number of hydrogen-bond donors (Lipinski definition) is 1. The fraction of sp³-hybridized carbons (Fsp3) is 0.0870. The molecule has 0 bridgehead atoms. The molecular formula is C23H19N3O4. The molecule has 0 aliphatic rings. The van der Waals surface area contributed by atoms with Crippen LogP contribution in [0.25, 0.3) is 5.65 Å². The summed E-state index contributed by atoms with van der Waals surface area (Å²) in [6.07, 6.45) is 1.67. The number of rotatable bonds is 6. The molecule has 0 spiro atoms. The van der Waals surface area contributed by atoms with E-state index in [9.17, 15) is 9.59 Å². The van der Waals surface area contributed by atoms with Crippen LogP contribution in [0.4, 0.5) is 5.69 Å². The molecule has 0 saturated heterocycles. The monoisotopic (exact) mass is 401 g/mol. The van der Waals surface area contributed by atoms with Gasteiger partial charge in [-0.05, 0) is 48.5 Å². The van der Waals surface area contributed by atoms with Gasteiger partial charge in [-0.3, -0.25) is 14.0 Å². The van der Waals surface area contributed by atoms with E-state index in [0.29, 0.717) is 34.1 Å². The summed E-state index contributed by atoms with van der Waals surface area (Å²) in [5.41, 5.74) is 1.89. The van der Waals surface area contributed by atoms with Crippen molar-refractivity contribution >= 4 is 17.2 Å². The Morgan fingerprint density at radius 3 is 2.60 bits per heavy atom. The molecule has 1 amide bonds. The van der Waals surface area contributed by atoms with Crippen molar-refractivity contribution in [2.24, 2.45) is 0 Å². The van der Waals surface area contributed by atoms with Crippen LogP contribution in [0.1, 0.15) is 16.1 Å². The van der Waals surface area contributed by atoms with E-state index < -0.39 is 0 Å². The van der Waals surface area contributed by atoms with Crippen LogP contribution < -0.4 is 20.3 Å². The summed E-state index contributed by atoms with van der Waals surface area (Å²) < 4.78 is 12.4. The molecular weight excluding hydrogens is 382 g/mol. The van der Waals surface area contributed by atoms with Crippen molar-refractivity contribution in [2.45, 2.75) is 6.61 Å². The highest BCUT2D eigenvalue weighted by Crippen LogP contribution is 2.25. The minimum absolute atomic E-state index is 0.0933. The van der Waals surface area contributed by atoms with Crippen molar-refractivity contribution in [3.05, 3.63) is 101 Å². The number of hydrogen-bond acceptors (Lipinski definition) is 5. The average Bonchev–Trinajstić information content (AvgIpc) is 2.78. The minimum Gasteiger partial charge on any atom is -0.497 e. The van der Waals surface area contributed by atoms with Gasteiger partial charge in [-0.2, -0.15) is 0 Å². The number of ether oxygens (including phenoxy) is 2. The summed E-state index contributed by atoms with van der Waals surface area (Å²) in [5.74, 6) is 0.888. The maximum atomic E-state index is 12.6. The summed E-state index contributed by atoms with van der Waals surface area (Å²) in [7, 11) is 1.57. The Morgan fingerprint density at radius 2 is 1.80 bits per heavy atom. The Labute approximate surface area is 172 Å². The first kappa shape index (κ1) is 19.2. The molecule has 0 saturated carbocycles. The topological polar surface area (TPSA) is 81.9 Å². The molecule has 4 rings (SSSR count). The standard InChI is InChI=1S/C23H19N3O4/c1-29-18-11-9-16(10-12-18)23(28)25-19-6-2-3-7-20(19)30-15-17-14-22(27)26-13-5-4-8-21(26)24-17/h2-14H,15H2,1H3,(H,25,28). The summed E-state index contributed by atoms with van der Waals surface area (Å²) in [5, 5.41) is 2.85. The second-order valence-electron chi connectivity index (χ2n) is 6.48. The summed E-state index contributed by atoms with van der Waals surface area (Å²) >= 11 is 0. The average molecular weight is 401 g/mol. The molecule has 7 nitrogen and oxygen atoms in total. The number of carbonyl (C=O) groups excluding carboxylic acids is 1. The fourth-order valence-electron chi connectivity index (χ4n) is 2.96. The van der Waals surface area contributed by atoms with Gasteiger partial charge in [0.15, 0.2) is 0 Å². The van der Waals surface area contributed by atoms with E-state index in [2.05, 4.69) is 10.3 Å². The van der Waals surface area contributed by atoms with Crippen molar-refractivity contribution in [2.75, 3.05) is 12.4 Å². The molecule has 0 aliphatic carbocycles. The van der Waals surface area contributed by atoms with Crippen molar-refractivity contribution in [3.63, 3.8) is 0 Å². The molecule has 2 heterocycles. The highest BCUT2D eigenvalue weighted by molar-refractivity contribution is 6.05. The van der Waals surface area contributed by atoms with Gasteiger partial charge in [0.2, 0.25) is 0 Å². The largest absolute Gasteiger partial charge is 0.497 e. The Kier molecular flexibility index (Phi) is 5.43. The number of nitrogens with zero attached hydrogens (tertiary/aromatic N) is 2. The molecule has 0 unspecified atom stereocenters. The van der Waals surface area contributed by atoms with Crippen molar-refractivity contribution in [1.82, 2.24) is 9.38 Å². The number of aromatic nitrogens is 2. The zero-order valence-corrected chi connectivity index (χ0v) is 16.2. The minimum atomic E-state index is -0.268. The normalized spacial score (nSPS) is 10.6. The van der Waals surface area contributed by atoms with E-state index in [1.165, 1.54) is 10.5 Å². The predicted octanol–water partition coefficient (Wildman–Crippen LogP) is 3.53. The third-order valence-electron chi connectivity index (χ3n) is 4.49. The Hall–Kier alpha value is -4.13. The van der Waals surface area contributed by atoms with Crippen molar-refractivity contribution in [1.29, 1.82) is 0 Å². The third kappa shape index (κ3) is 4.15. The number of amides is 1. The van der Waals surface area contributed by atoms with Crippen LogP contribution >= 0.6 is 0 Å². The van der Waals surface area contributed by atoms with Gasteiger partial charge < -0.3 is 14.8 Å². The lowest BCUT2D eigenvalue weighted by molar-refractivity contribution is 0.102. The van der Waals surface area contributed by atoms with Crippen LogP contribution in [-0.2, 0) is 6.61 Å². The van der Waals surface area contributed by atoms with E-state index >= 15 is 0 Å². The van der Waals surface area contributed by atoms with Crippen molar-refractivity contribution < 1.29 is 14.3 Å². The number of para-hydroxylation sites is 2. The van der Waals surface area contributed by atoms with Gasteiger partial charge in [0.05, 0.1) is 18.5 Å². The molecule has 150 valence electrons. The number of fused-ring (bicyclic) bond motifs is 1. The lowest BCUT2D eigenvalue weighted by Gasteiger charge is -2.13. The van der Waals surface area contributed by atoms with Gasteiger partial charge in [0.1, 0.15) is 23.8 Å². The molecule has 30 heavy (non-hydrogen) atoms. The SMILES string of the molecule is COc1ccc(C(=O)Nc2ccccc2OCc2cc(=O)n3ccccc3n2)cc1. The lowest BCUT2D eigenvalue weighted by atomic mass is 10.2. The van der Waals surface area contributed by atoms with Crippen molar-refractivity contribution in [3.8, 4) is 11.5 Å². The molecule has 1 N–H and O–H groups in total. The predicted molar refractivity (Wildman–Crippen MR) is 113 cm³/mol. The highest BCUT2D eigenvalue weighted by atomic mass is 16.5. The Morgan fingerprint density at radius 1 is 1.03 bits per heavy atom. The zero-order chi connectivity index (χ0) is 20.9. The molecule has 0 atom stereocenters. The zero-order valence-electron chi connectivity index (χ0n) is 16.2. The lowest BCUT2D eigenvalue weighted by Crippen LogP contribution is -2.16. The summed E-state index contributed by atoms with van der Waals surface area (Å²) in [6.45, 7) is 0.0933. The van der Waals surface area contributed by atoms with E-state index in [0.717, 1.165) is 0 Å². The van der Waals surface area contributed by atoms with Crippen LogP contribution in [0.5, 0.6) is 11.5 Å². The van der Waals surface area contributed by atoms with Gasteiger partial charge >= 0.3 is 0 Å². The third-order valence-corrected chi connectivity index (χ3v) is 4.49. The van der Waals surface area contributed by atoms with Crippen LogP contribution in [0.2, 0.25) is 0 Å². The highest BCUT2D eigenvalue weighted by Gasteiger charge is 2.11. The smallest absolute Gasteiger partial charge is 0.258 e. The molecule has 7 heteroatoms. The van der Waals surface area contributed by atoms with Crippen LogP contribution in [0.15, 0.2) is 83.8 Å². The molecule has 0 radical (unpaired) electrons. The Bertz CT molecular complexity index is 1250. The van der Waals surface area contributed by atoms with Gasteiger partial charge in [-0.15, -0.1) is 0 Å². The number of pyridine rings is 1. The Balaban J connectivity index is 1.50. The second-order valence-corrected chi connectivity index (χ2v) is 6.48. The number of carbonyl (C=O) groups is 1. The van der Waals surface area contributed by atoms with Crippen LogP contribution in [0.3, 0.4) is 0 Å². The van der Waals surface area contributed by atoms with Gasteiger partial charge in [-0.25, -0.2) is 4.98 Å². The molecule has 2 aromatic heterocycles. The first-order valence-corrected chi connectivity index (χ1v) is 9.28.